The molecule has 6 heteroatoms. The molecule has 1 atom stereocenters. The molecule has 2 rings (SSSR count). The number of aryl methyl sites for hydroxylation is 2. The average Bonchev–Trinajstić information content (AvgIpc) is 2.80. The number of hydrogen-bond acceptors (Lipinski definition) is 4. The van der Waals surface area contributed by atoms with Crippen LogP contribution in [0.4, 0.5) is 11.4 Å². The maximum atomic E-state index is 10.9. The lowest BCUT2D eigenvalue weighted by atomic mass is 10.1. The molecule has 0 amide bonds. The average molecular weight is 316 g/mol. The van der Waals surface area contributed by atoms with Crippen molar-refractivity contribution in [3.05, 3.63) is 51.3 Å². The molecule has 0 fully saturated rings. The third kappa shape index (κ3) is 3.70. The van der Waals surface area contributed by atoms with Crippen LogP contribution >= 0.6 is 0 Å². The summed E-state index contributed by atoms with van der Waals surface area (Å²) in [5.41, 5.74) is 3.69. The summed E-state index contributed by atoms with van der Waals surface area (Å²) in [5, 5.41) is 18.9. The van der Waals surface area contributed by atoms with E-state index in [1.54, 1.807) is 19.1 Å². The molecule has 0 saturated heterocycles. The molecule has 1 N–H and O–H groups in total. The Morgan fingerprint density at radius 3 is 2.43 bits per heavy atom. The summed E-state index contributed by atoms with van der Waals surface area (Å²) in [6.07, 6.45) is 2.06. The van der Waals surface area contributed by atoms with Crippen LogP contribution in [0.15, 0.2) is 24.4 Å². The van der Waals surface area contributed by atoms with Crippen molar-refractivity contribution in [2.75, 3.05) is 5.32 Å². The second kappa shape index (κ2) is 6.02. The second-order valence-corrected chi connectivity index (χ2v) is 6.91. The summed E-state index contributed by atoms with van der Waals surface area (Å²) in [7, 11) is 0. The third-order valence-electron chi connectivity index (χ3n) is 3.87. The van der Waals surface area contributed by atoms with E-state index in [1.807, 2.05) is 11.6 Å². The molecule has 0 aliphatic rings. The van der Waals surface area contributed by atoms with Gasteiger partial charge >= 0.3 is 0 Å². The summed E-state index contributed by atoms with van der Waals surface area (Å²) in [5.74, 6) is 0. The minimum absolute atomic E-state index is 0.0620. The fourth-order valence-corrected chi connectivity index (χ4v) is 2.52. The SMILES string of the molecule is Cc1cc(NC(C)c2cn(C(C)(C)C)nc2C)ccc1[N+](=O)[O-]. The molecule has 1 unspecified atom stereocenters. The van der Waals surface area contributed by atoms with Crippen LogP contribution in [0.3, 0.4) is 0 Å². The van der Waals surface area contributed by atoms with Crippen LogP contribution in [0.1, 0.15) is 50.6 Å². The van der Waals surface area contributed by atoms with E-state index in [4.69, 9.17) is 0 Å². The van der Waals surface area contributed by atoms with Gasteiger partial charge in [-0.1, -0.05) is 0 Å². The molecule has 0 bridgehead atoms. The predicted molar refractivity (Wildman–Crippen MR) is 91.8 cm³/mol. The Labute approximate surface area is 136 Å². The van der Waals surface area contributed by atoms with Gasteiger partial charge in [0.2, 0.25) is 0 Å². The Kier molecular flexibility index (Phi) is 4.45. The van der Waals surface area contributed by atoms with Crippen LogP contribution in [0, 0.1) is 24.0 Å². The highest BCUT2D eigenvalue weighted by Gasteiger charge is 2.19. The Hall–Kier alpha value is -2.37. The predicted octanol–water partition coefficient (Wildman–Crippen LogP) is 4.34. The molecule has 0 radical (unpaired) electrons. The van der Waals surface area contributed by atoms with Crippen molar-refractivity contribution in [3.8, 4) is 0 Å². The van der Waals surface area contributed by atoms with Crippen molar-refractivity contribution in [2.45, 2.75) is 53.1 Å². The van der Waals surface area contributed by atoms with E-state index in [-0.39, 0.29) is 22.2 Å². The minimum atomic E-state index is -0.361. The zero-order chi connectivity index (χ0) is 17.4. The van der Waals surface area contributed by atoms with Gasteiger partial charge in [-0.25, -0.2) is 0 Å². The van der Waals surface area contributed by atoms with Gasteiger partial charge in [-0.3, -0.25) is 14.8 Å². The van der Waals surface area contributed by atoms with Crippen LogP contribution in [-0.2, 0) is 5.54 Å². The molecule has 1 aromatic carbocycles. The first-order valence-corrected chi connectivity index (χ1v) is 7.68. The smallest absolute Gasteiger partial charge is 0.272 e. The van der Waals surface area contributed by atoms with Crippen molar-refractivity contribution >= 4 is 11.4 Å². The molecule has 0 aliphatic heterocycles. The Morgan fingerprint density at radius 1 is 1.30 bits per heavy atom. The van der Waals surface area contributed by atoms with Crippen molar-refractivity contribution < 1.29 is 4.92 Å². The third-order valence-corrected chi connectivity index (χ3v) is 3.87. The van der Waals surface area contributed by atoms with Crippen molar-refractivity contribution in [2.24, 2.45) is 0 Å². The van der Waals surface area contributed by atoms with Gasteiger partial charge in [0, 0.05) is 29.1 Å². The highest BCUT2D eigenvalue weighted by Crippen LogP contribution is 2.27. The lowest BCUT2D eigenvalue weighted by Crippen LogP contribution is -2.22. The minimum Gasteiger partial charge on any atom is -0.378 e. The Bertz CT molecular complexity index is 729. The van der Waals surface area contributed by atoms with Crippen molar-refractivity contribution in [1.29, 1.82) is 0 Å². The van der Waals surface area contributed by atoms with Gasteiger partial charge in [0.05, 0.1) is 22.2 Å². The highest BCUT2D eigenvalue weighted by atomic mass is 16.6. The number of hydrogen-bond donors (Lipinski definition) is 1. The molecule has 0 spiro atoms. The first-order chi connectivity index (χ1) is 10.6. The van der Waals surface area contributed by atoms with E-state index in [9.17, 15) is 10.1 Å². The molecule has 2 aromatic rings. The summed E-state index contributed by atoms with van der Waals surface area (Å²) in [6, 6.07) is 5.14. The van der Waals surface area contributed by atoms with Gasteiger partial charge in [0.1, 0.15) is 0 Å². The van der Waals surface area contributed by atoms with Crippen LogP contribution in [0.25, 0.3) is 0 Å². The molecule has 1 heterocycles. The van der Waals surface area contributed by atoms with Crippen LogP contribution in [-0.4, -0.2) is 14.7 Å². The van der Waals surface area contributed by atoms with Gasteiger partial charge in [-0.05, 0) is 53.7 Å². The topological polar surface area (TPSA) is 73.0 Å². The quantitative estimate of drug-likeness (QED) is 0.673. The lowest BCUT2D eigenvalue weighted by Gasteiger charge is -2.19. The van der Waals surface area contributed by atoms with E-state index in [0.717, 1.165) is 16.9 Å². The number of nitro benzene ring substituents is 1. The van der Waals surface area contributed by atoms with Gasteiger partial charge in [-0.2, -0.15) is 5.10 Å². The summed E-state index contributed by atoms with van der Waals surface area (Å²) in [4.78, 5) is 10.5. The maximum Gasteiger partial charge on any atom is 0.272 e. The standard InChI is InChI=1S/C17H24N4O2/c1-11-9-14(7-8-16(11)21(22)23)18-12(2)15-10-20(17(4,5)6)19-13(15)3/h7-10,12,18H,1-6H3. The van der Waals surface area contributed by atoms with E-state index < -0.39 is 0 Å². The molecular weight excluding hydrogens is 292 g/mol. The van der Waals surface area contributed by atoms with E-state index in [1.165, 1.54) is 6.07 Å². The van der Waals surface area contributed by atoms with Crippen molar-refractivity contribution in [3.63, 3.8) is 0 Å². The number of aromatic nitrogens is 2. The normalized spacial score (nSPS) is 13.0. The number of nitrogens with zero attached hydrogens (tertiary/aromatic N) is 3. The molecule has 1 aromatic heterocycles. The fraction of sp³-hybridized carbons (Fsp3) is 0.471. The zero-order valence-electron chi connectivity index (χ0n) is 14.5. The molecule has 0 aliphatic carbocycles. The first-order valence-electron chi connectivity index (χ1n) is 7.68. The van der Waals surface area contributed by atoms with Crippen LogP contribution < -0.4 is 5.32 Å². The van der Waals surface area contributed by atoms with Gasteiger partial charge in [0.25, 0.3) is 5.69 Å². The van der Waals surface area contributed by atoms with Gasteiger partial charge < -0.3 is 5.32 Å². The largest absolute Gasteiger partial charge is 0.378 e. The zero-order valence-corrected chi connectivity index (χ0v) is 14.5. The summed E-state index contributed by atoms with van der Waals surface area (Å²) in [6.45, 7) is 12.1. The van der Waals surface area contributed by atoms with Gasteiger partial charge in [-0.15, -0.1) is 0 Å². The number of nitro groups is 1. The summed E-state index contributed by atoms with van der Waals surface area (Å²) < 4.78 is 1.97. The monoisotopic (exact) mass is 316 g/mol. The summed E-state index contributed by atoms with van der Waals surface area (Å²) >= 11 is 0. The highest BCUT2D eigenvalue weighted by molar-refractivity contribution is 5.54. The van der Waals surface area contributed by atoms with Gasteiger partial charge in [0.15, 0.2) is 0 Å². The van der Waals surface area contributed by atoms with Crippen LogP contribution in [0.2, 0.25) is 0 Å². The van der Waals surface area contributed by atoms with E-state index in [2.05, 4.69) is 44.3 Å². The molecule has 0 saturated carbocycles. The first kappa shape index (κ1) is 17.0. The van der Waals surface area contributed by atoms with Crippen molar-refractivity contribution in [1.82, 2.24) is 9.78 Å². The van der Waals surface area contributed by atoms with E-state index in [0.29, 0.717) is 5.56 Å². The Balaban J connectivity index is 2.22. The van der Waals surface area contributed by atoms with Crippen LogP contribution in [0.5, 0.6) is 0 Å². The maximum absolute atomic E-state index is 10.9. The molecule has 23 heavy (non-hydrogen) atoms. The number of benzene rings is 1. The second-order valence-electron chi connectivity index (χ2n) is 6.91. The fourth-order valence-electron chi connectivity index (χ4n) is 2.52. The van der Waals surface area contributed by atoms with E-state index >= 15 is 0 Å². The Morgan fingerprint density at radius 2 is 1.96 bits per heavy atom. The lowest BCUT2D eigenvalue weighted by molar-refractivity contribution is -0.385. The molecule has 124 valence electrons. The number of nitrogens with one attached hydrogen (secondary N) is 1. The molecule has 6 nitrogen and oxygen atoms in total. The number of rotatable bonds is 4. The number of anilines is 1. The molecular formula is C17H24N4O2.